The van der Waals surface area contributed by atoms with Gasteiger partial charge >= 0.3 is 0 Å². The molecule has 1 rings (SSSR count). The Balaban J connectivity index is 0. The maximum Gasteiger partial charge on any atom is 0.181 e. The number of aromatic nitrogens is 3. The lowest BCUT2D eigenvalue weighted by Gasteiger charge is -1.77. The van der Waals surface area contributed by atoms with Crippen LogP contribution >= 0.6 is 0 Å². The number of nitriles is 1. The molecular weight excluding hydrogens is 136 g/mol. The molecule has 0 fully saturated rings. The first-order chi connectivity index (χ1) is 3.93. The van der Waals surface area contributed by atoms with Crippen LogP contribution in [0.1, 0.15) is 5.69 Å². The van der Waals surface area contributed by atoms with E-state index in [0.717, 1.165) is 0 Å². The Morgan fingerprint density at radius 2 is 2.10 bits per heavy atom. The van der Waals surface area contributed by atoms with E-state index in [2.05, 4.69) is 15.2 Å². The fourth-order valence-electron chi connectivity index (χ4n) is 0.299. The minimum atomic E-state index is 0. The minimum Gasteiger partial charge on any atom is -0.240 e. The number of hydrogen-bond donors (Lipinski definition) is 0. The molecular formula is C4H2N4O2. The summed E-state index contributed by atoms with van der Waals surface area (Å²) in [4.78, 5) is 3.56. The Morgan fingerprint density at radius 1 is 1.40 bits per heavy atom. The van der Waals surface area contributed by atoms with Crippen molar-refractivity contribution in [3.8, 4) is 6.07 Å². The molecule has 0 bridgehead atoms. The fourth-order valence-corrected chi connectivity index (χ4v) is 0.299. The third kappa shape index (κ3) is 2.66. The van der Waals surface area contributed by atoms with Gasteiger partial charge in [-0.15, -0.1) is 10.2 Å². The van der Waals surface area contributed by atoms with Crippen LogP contribution in [-0.2, 0) is 11.0 Å². The van der Waals surface area contributed by atoms with Crippen LogP contribution in [-0.4, -0.2) is 15.2 Å². The Kier molecular flexibility index (Phi) is 6.25. The van der Waals surface area contributed by atoms with E-state index in [1.54, 1.807) is 6.07 Å². The minimum absolute atomic E-state index is 0. The largest absolute Gasteiger partial charge is 0.240 e. The summed E-state index contributed by atoms with van der Waals surface area (Å²) < 4.78 is 0. The number of hydrogen-bond acceptors (Lipinski definition) is 4. The van der Waals surface area contributed by atoms with Gasteiger partial charge in [-0.3, -0.25) is 0 Å². The molecule has 6 heteroatoms. The molecule has 0 N–H and O–H groups in total. The lowest BCUT2D eigenvalue weighted by molar-refractivity contribution is 0.685. The standard InChI is InChI=1S/C4H2N4.2O/c5-1-4-2-6-3-7-8-4;;/h2-3H;;. The lowest BCUT2D eigenvalue weighted by atomic mass is 10.5. The molecule has 0 saturated heterocycles. The number of nitrogens with zero attached hydrogens (tertiary/aromatic N) is 4. The van der Waals surface area contributed by atoms with Crippen LogP contribution in [0, 0.1) is 11.3 Å². The van der Waals surface area contributed by atoms with Crippen molar-refractivity contribution in [1.29, 1.82) is 5.26 Å². The molecule has 0 unspecified atom stereocenters. The zero-order valence-electron chi connectivity index (χ0n) is 4.76. The van der Waals surface area contributed by atoms with Gasteiger partial charge in [-0.2, -0.15) is 5.26 Å². The molecule has 0 atom stereocenters. The topological polar surface area (TPSA) is 119 Å². The molecule has 10 heavy (non-hydrogen) atoms. The van der Waals surface area contributed by atoms with Crippen LogP contribution in [0.25, 0.3) is 0 Å². The molecule has 0 aromatic carbocycles. The summed E-state index contributed by atoms with van der Waals surface area (Å²) in [7, 11) is 0. The van der Waals surface area contributed by atoms with E-state index in [9.17, 15) is 0 Å². The highest BCUT2D eigenvalue weighted by Gasteiger charge is 1.84. The van der Waals surface area contributed by atoms with Crippen LogP contribution in [0.2, 0.25) is 0 Å². The maximum atomic E-state index is 8.15. The summed E-state index contributed by atoms with van der Waals surface area (Å²) >= 11 is 0. The van der Waals surface area contributed by atoms with Crippen molar-refractivity contribution in [2.45, 2.75) is 0 Å². The van der Waals surface area contributed by atoms with E-state index < -0.39 is 0 Å². The highest BCUT2D eigenvalue weighted by Crippen LogP contribution is 1.79. The summed E-state index contributed by atoms with van der Waals surface area (Å²) in [5.74, 6) is 0. The zero-order chi connectivity index (χ0) is 5.82. The van der Waals surface area contributed by atoms with Gasteiger partial charge < -0.3 is 0 Å². The van der Waals surface area contributed by atoms with E-state index in [0.29, 0.717) is 0 Å². The fraction of sp³-hybridized carbons (Fsp3) is 0. The Morgan fingerprint density at radius 3 is 2.40 bits per heavy atom. The van der Waals surface area contributed by atoms with E-state index in [-0.39, 0.29) is 16.6 Å². The van der Waals surface area contributed by atoms with E-state index in [4.69, 9.17) is 5.26 Å². The molecule has 0 spiro atoms. The van der Waals surface area contributed by atoms with Gasteiger partial charge in [0.15, 0.2) is 5.69 Å². The van der Waals surface area contributed by atoms with Gasteiger partial charge in [0.2, 0.25) is 0 Å². The molecule has 50 valence electrons. The molecule has 6 nitrogen and oxygen atoms in total. The Bertz CT molecular complexity index is 206. The first kappa shape index (κ1) is 11.2. The van der Waals surface area contributed by atoms with Gasteiger partial charge in [-0.1, -0.05) is 0 Å². The Hall–Kier alpha value is -1.58. The molecule has 1 aromatic rings. The third-order valence-electron chi connectivity index (χ3n) is 0.595. The first-order valence-electron chi connectivity index (χ1n) is 1.96. The van der Waals surface area contributed by atoms with Crippen LogP contribution < -0.4 is 0 Å². The normalized spacial score (nSPS) is 6.30. The molecule has 0 aliphatic rings. The van der Waals surface area contributed by atoms with Crippen molar-refractivity contribution in [3.05, 3.63) is 18.2 Å². The monoisotopic (exact) mass is 138 g/mol. The lowest BCUT2D eigenvalue weighted by Crippen LogP contribution is -1.85. The predicted octanol–water partition coefficient (Wildman–Crippen LogP) is -0.494. The Labute approximate surface area is 56.8 Å². The van der Waals surface area contributed by atoms with Gasteiger partial charge in [0.25, 0.3) is 0 Å². The summed E-state index contributed by atoms with van der Waals surface area (Å²) in [6.07, 6.45) is 2.63. The average molecular weight is 138 g/mol. The second-order valence-electron chi connectivity index (χ2n) is 1.11. The van der Waals surface area contributed by atoms with Crippen molar-refractivity contribution in [2.75, 3.05) is 0 Å². The second-order valence-corrected chi connectivity index (χ2v) is 1.11. The van der Waals surface area contributed by atoms with Crippen molar-refractivity contribution in [1.82, 2.24) is 15.2 Å². The molecule has 1 heterocycles. The maximum absolute atomic E-state index is 8.15. The molecule has 0 amide bonds. The quantitative estimate of drug-likeness (QED) is 0.480. The third-order valence-corrected chi connectivity index (χ3v) is 0.595. The first-order valence-corrected chi connectivity index (χ1v) is 1.96. The summed E-state index contributed by atoms with van der Waals surface area (Å²) in [5.41, 5.74) is 0.243. The van der Waals surface area contributed by atoms with E-state index >= 15 is 0 Å². The van der Waals surface area contributed by atoms with Gasteiger partial charge in [-0.05, 0) is 0 Å². The van der Waals surface area contributed by atoms with Crippen molar-refractivity contribution in [3.63, 3.8) is 0 Å². The van der Waals surface area contributed by atoms with Crippen molar-refractivity contribution >= 4 is 0 Å². The second kappa shape index (κ2) is 5.55. The van der Waals surface area contributed by atoms with Crippen LogP contribution in [0.15, 0.2) is 12.5 Å². The molecule has 0 aliphatic heterocycles. The predicted molar refractivity (Wildman–Crippen MR) is 25.9 cm³/mol. The molecule has 4 radical (unpaired) electrons. The smallest absolute Gasteiger partial charge is 0.181 e. The van der Waals surface area contributed by atoms with E-state index in [1.165, 1.54) is 12.5 Å². The molecule has 1 aromatic heterocycles. The zero-order valence-corrected chi connectivity index (χ0v) is 4.76. The SMILES string of the molecule is N#Cc1cncnn1.[O].[O]. The molecule has 0 aliphatic carbocycles. The summed E-state index contributed by atoms with van der Waals surface area (Å²) in [6, 6.07) is 1.79. The summed E-state index contributed by atoms with van der Waals surface area (Å²) in [5, 5.41) is 14.9. The highest BCUT2D eigenvalue weighted by molar-refractivity contribution is 5.11. The molecule has 0 saturated carbocycles. The summed E-state index contributed by atoms with van der Waals surface area (Å²) in [6.45, 7) is 0. The van der Waals surface area contributed by atoms with Crippen molar-refractivity contribution in [2.24, 2.45) is 0 Å². The van der Waals surface area contributed by atoms with Crippen LogP contribution in [0.4, 0.5) is 0 Å². The number of rotatable bonds is 0. The van der Waals surface area contributed by atoms with E-state index in [1.807, 2.05) is 0 Å². The van der Waals surface area contributed by atoms with Gasteiger partial charge in [-0.25, -0.2) is 4.98 Å². The average Bonchev–Trinajstić information content (AvgIpc) is 1.90. The van der Waals surface area contributed by atoms with Gasteiger partial charge in [0, 0.05) is 11.0 Å². The van der Waals surface area contributed by atoms with Crippen LogP contribution in [0.3, 0.4) is 0 Å². The van der Waals surface area contributed by atoms with Crippen molar-refractivity contribution < 1.29 is 11.0 Å². The van der Waals surface area contributed by atoms with Crippen LogP contribution in [0.5, 0.6) is 0 Å². The van der Waals surface area contributed by atoms with Gasteiger partial charge in [0.1, 0.15) is 12.4 Å². The van der Waals surface area contributed by atoms with Gasteiger partial charge in [0.05, 0.1) is 6.20 Å². The highest BCUT2D eigenvalue weighted by atomic mass is 16.0.